The summed E-state index contributed by atoms with van der Waals surface area (Å²) in [5.74, 6) is 1.64. The van der Waals surface area contributed by atoms with Gasteiger partial charge in [-0.25, -0.2) is 0 Å². The van der Waals surface area contributed by atoms with E-state index in [-0.39, 0.29) is 0 Å². The lowest BCUT2D eigenvalue weighted by atomic mass is 9.86. The Balaban J connectivity index is 2.58. The van der Waals surface area contributed by atoms with Crippen molar-refractivity contribution in [2.75, 3.05) is 7.05 Å². The number of benzene rings is 1. The minimum atomic E-state index is 0.293. The first-order valence-electron chi connectivity index (χ1n) is 6.52. The van der Waals surface area contributed by atoms with Gasteiger partial charge in [0, 0.05) is 18.0 Å². The van der Waals surface area contributed by atoms with Crippen LogP contribution in [0.4, 0.5) is 0 Å². The molecule has 0 bridgehead atoms. The van der Waals surface area contributed by atoms with Crippen LogP contribution in [0.2, 0.25) is 0 Å². The van der Waals surface area contributed by atoms with E-state index in [2.05, 4.69) is 45.1 Å². The summed E-state index contributed by atoms with van der Waals surface area (Å²) in [6.45, 7) is 8.77. The Labute approximate surface area is 104 Å². The topological polar surface area (TPSA) is 21.3 Å². The minimum absolute atomic E-state index is 0.293. The molecule has 0 amide bonds. The maximum atomic E-state index is 6.05. The van der Waals surface area contributed by atoms with Gasteiger partial charge in [-0.2, -0.15) is 0 Å². The summed E-state index contributed by atoms with van der Waals surface area (Å²) in [6.07, 6.45) is 1.34. The molecular formula is C15H23NO. The summed E-state index contributed by atoms with van der Waals surface area (Å²) < 4.78 is 6.05. The Hall–Kier alpha value is -1.02. The van der Waals surface area contributed by atoms with Crippen LogP contribution < -0.4 is 10.1 Å². The van der Waals surface area contributed by atoms with Crippen molar-refractivity contribution in [2.45, 2.75) is 52.2 Å². The van der Waals surface area contributed by atoms with E-state index in [1.807, 2.05) is 7.05 Å². The van der Waals surface area contributed by atoms with Gasteiger partial charge in [0.1, 0.15) is 5.75 Å². The fourth-order valence-electron chi connectivity index (χ4n) is 2.70. The summed E-state index contributed by atoms with van der Waals surface area (Å²) in [5, 5.41) is 3.43. The molecule has 0 fully saturated rings. The molecule has 1 aliphatic heterocycles. The Morgan fingerprint density at radius 3 is 2.65 bits per heavy atom. The number of rotatable bonds is 2. The summed E-state index contributed by atoms with van der Waals surface area (Å²) in [5.41, 5.74) is 4.04. The highest BCUT2D eigenvalue weighted by Crippen LogP contribution is 2.41. The van der Waals surface area contributed by atoms with E-state index in [9.17, 15) is 0 Å². The number of fused-ring (bicyclic) bond motifs is 1. The molecule has 1 aromatic carbocycles. The van der Waals surface area contributed by atoms with Gasteiger partial charge in [-0.3, -0.25) is 0 Å². The average Bonchev–Trinajstić information content (AvgIpc) is 2.29. The Kier molecular flexibility index (Phi) is 3.43. The van der Waals surface area contributed by atoms with Crippen molar-refractivity contribution in [1.29, 1.82) is 0 Å². The van der Waals surface area contributed by atoms with Crippen LogP contribution in [-0.2, 0) is 0 Å². The van der Waals surface area contributed by atoms with Gasteiger partial charge in [-0.05, 0) is 37.9 Å². The van der Waals surface area contributed by atoms with Crippen LogP contribution in [0.5, 0.6) is 5.75 Å². The summed E-state index contributed by atoms with van der Waals surface area (Å²) in [7, 11) is 2.04. The largest absolute Gasteiger partial charge is 0.490 e. The van der Waals surface area contributed by atoms with E-state index in [1.54, 1.807) is 0 Å². The SMILES string of the molecule is CNC1CC(C)Oc2c(C)ccc(C(C)C)c21. The average molecular weight is 233 g/mol. The third-order valence-electron chi connectivity index (χ3n) is 3.63. The molecule has 17 heavy (non-hydrogen) atoms. The van der Waals surface area contributed by atoms with Gasteiger partial charge in [-0.15, -0.1) is 0 Å². The van der Waals surface area contributed by atoms with E-state index in [4.69, 9.17) is 4.74 Å². The van der Waals surface area contributed by atoms with Gasteiger partial charge >= 0.3 is 0 Å². The first kappa shape index (κ1) is 12.4. The molecule has 0 spiro atoms. The van der Waals surface area contributed by atoms with Crippen LogP contribution in [0.25, 0.3) is 0 Å². The van der Waals surface area contributed by atoms with Gasteiger partial charge < -0.3 is 10.1 Å². The normalized spacial score (nSPS) is 23.4. The molecule has 2 atom stereocenters. The van der Waals surface area contributed by atoms with Crippen molar-refractivity contribution in [2.24, 2.45) is 0 Å². The number of hydrogen-bond donors (Lipinski definition) is 1. The zero-order valence-electron chi connectivity index (χ0n) is 11.5. The van der Waals surface area contributed by atoms with Gasteiger partial charge in [0.15, 0.2) is 0 Å². The van der Waals surface area contributed by atoms with Crippen LogP contribution in [0.15, 0.2) is 12.1 Å². The van der Waals surface area contributed by atoms with E-state index < -0.39 is 0 Å². The Morgan fingerprint density at radius 2 is 2.06 bits per heavy atom. The smallest absolute Gasteiger partial charge is 0.127 e. The molecule has 0 saturated carbocycles. The van der Waals surface area contributed by atoms with Crippen LogP contribution >= 0.6 is 0 Å². The Bertz CT molecular complexity index is 412. The second kappa shape index (κ2) is 4.69. The summed E-state index contributed by atoms with van der Waals surface area (Å²) >= 11 is 0. The monoisotopic (exact) mass is 233 g/mol. The third kappa shape index (κ3) is 2.19. The molecule has 94 valence electrons. The highest BCUT2D eigenvalue weighted by Gasteiger charge is 2.29. The molecule has 1 N–H and O–H groups in total. The molecule has 0 aromatic heterocycles. The van der Waals surface area contributed by atoms with E-state index in [0.717, 1.165) is 12.2 Å². The van der Waals surface area contributed by atoms with Gasteiger partial charge in [0.2, 0.25) is 0 Å². The van der Waals surface area contributed by atoms with Gasteiger partial charge in [0.05, 0.1) is 6.10 Å². The second-order valence-corrected chi connectivity index (χ2v) is 5.37. The predicted octanol–water partition coefficient (Wildman–Crippen LogP) is 3.55. The van der Waals surface area contributed by atoms with Crippen molar-refractivity contribution >= 4 is 0 Å². The number of ether oxygens (including phenoxy) is 1. The van der Waals surface area contributed by atoms with Crippen LogP contribution in [0.1, 0.15) is 55.8 Å². The van der Waals surface area contributed by atoms with Gasteiger partial charge in [-0.1, -0.05) is 26.0 Å². The lowest BCUT2D eigenvalue weighted by Gasteiger charge is -2.34. The predicted molar refractivity (Wildman–Crippen MR) is 71.8 cm³/mol. The fraction of sp³-hybridized carbons (Fsp3) is 0.600. The standard InChI is InChI=1S/C15H23NO/c1-9(2)12-7-6-10(3)15-14(12)13(16-5)8-11(4)17-15/h6-7,9,11,13,16H,8H2,1-5H3. The number of aryl methyl sites for hydroxylation is 1. The van der Waals surface area contributed by atoms with Crippen LogP contribution in [0.3, 0.4) is 0 Å². The van der Waals surface area contributed by atoms with E-state index in [0.29, 0.717) is 18.1 Å². The molecule has 1 aromatic rings. The van der Waals surface area contributed by atoms with Crippen molar-refractivity contribution in [1.82, 2.24) is 5.32 Å². The zero-order chi connectivity index (χ0) is 12.6. The van der Waals surface area contributed by atoms with Crippen molar-refractivity contribution < 1.29 is 4.74 Å². The summed E-state index contributed by atoms with van der Waals surface area (Å²) in [4.78, 5) is 0. The van der Waals surface area contributed by atoms with Crippen molar-refractivity contribution in [3.8, 4) is 5.75 Å². The van der Waals surface area contributed by atoms with Crippen molar-refractivity contribution in [3.63, 3.8) is 0 Å². The highest BCUT2D eigenvalue weighted by atomic mass is 16.5. The maximum Gasteiger partial charge on any atom is 0.127 e. The zero-order valence-corrected chi connectivity index (χ0v) is 11.5. The first-order chi connectivity index (χ1) is 8.04. The third-order valence-corrected chi connectivity index (χ3v) is 3.63. The minimum Gasteiger partial charge on any atom is -0.490 e. The number of nitrogens with one attached hydrogen (secondary N) is 1. The van der Waals surface area contributed by atoms with Crippen molar-refractivity contribution in [3.05, 3.63) is 28.8 Å². The molecule has 2 unspecified atom stereocenters. The number of hydrogen-bond acceptors (Lipinski definition) is 2. The van der Waals surface area contributed by atoms with Crippen LogP contribution in [0, 0.1) is 6.92 Å². The highest BCUT2D eigenvalue weighted by molar-refractivity contribution is 5.50. The molecule has 0 aliphatic carbocycles. The fourth-order valence-corrected chi connectivity index (χ4v) is 2.70. The molecule has 1 aliphatic rings. The molecule has 2 nitrogen and oxygen atoms in total. The molecule has 2 heteroatoms. The van der Waals surface area contributed by atoms with Crippen LogP contribution in [-0.4, -0.2) is 13.2 Å². The first-order valence-corrected chi connectivity index (χ1v) is 6.52. The molecule has 0 radical (unpaired) electrons. The molecule has 1 heterocycles. The Morgan fingerprint density at radius 1 is 1.35 bits per heavy atom. The lowest BCUT2D eigenvalue weighted by Crippen LogP contribution is -2.31. The van der Waals surface area contributed by atoms with E-state index in [1.165, 1.54) is 16.7 Å². The summed E-state index contributed by atoms with van der Waals surface area (Å²) in [6, 6.07) is 4.85. The molecular weight excluding hydrogens is 210 g/mol. The maximum absolute atomic E-state index is 6.05. The second-order valence-electron chi connectivity index (χ2n) is 5.37. The lowest BCUT2D eigenvalue weighted by molar-refractivity contribution is 0.167. The van der Waals surface area contributed by atoms with E-state index >= 15 is 0 Å². The van der Waals surface area contributed by atoms with Gasteiger partial charge in [0.25, 0.3) is 0 Å². The quantitative estimate of drug-likeness (QED) is 0.843. The molecule has 2 rings (SSSR count). The molecule has 0 saturated heterocycles.